The maximum absolute atomic E-state index is 12.9. The molecule has 0 saturated carbocycles. The molecule has 2 aliphatic heterocycles. The highest BCUT2D eigenvalue weighted by Crippen LogP contribution is 2.31. The number of anilines is 1. The van der Waals surface area contributed by atoms with E-state index < -0.39 is 15.3 Å². The molecule has 1 N–H and O–H groups in total. The summed E-state index contributed by atoms with van der Waals surface area (Å²) in [5.74, 6) is 0.377. The van der Waals surface area contributed by atoms with Gasteiger partial charge in [-0.05, 0) is 55.5 Å². The van der Waals surface area contributed by atoms with Crippen LogP contribution >= 0.6 is 0 Å². The van der Waals surface area contributed by atoms with Crippen molar-refractivity contribution in [2.75, 3.05) is 31.5 Å². The van der Waals surface area contributed by atoms with E-state index in [1.165, 1.54) is 5.56 Å². The molecule has 3 heterocycles. The molecular formula is C21H26N4O3S. The third-order valence-electron chi connectivity index (χ3n) is 5.85. The molecule has 2 amide bonds. The second-order valence-electron chi connectivity index (χ2n) is 7.82. The van der Waals surface area contributed by atoms with Crippen molar-refractivity contribution < 1.29 is 13.2 Å². The Morgan fingerprint density at radius 2 is 1.66 bits per heavy atom. The third kappa shape index (κ3) is 4.28. The molecule has 29 heavy (non-hydrogen) atoms. The predicted octanol–water partition coefficient (Wildman–Crippen LogP) is 2.82. The van der Waals surface area contributed by atoms with Crippen LogP contribution in [0.3, 0.4) is 0 Å². The Morgan fingerprint density at radius 1 is 1.03 bits per heavy atom. The van der Waals surface area contributed by atoms with Gasteiger partial charge in [0, 0.05) is 44.3 Å². The van der Waals surface area contributed by atoms with Crippen LogP contribution < -0.4 is 5.32 Å². The summed E-state index contributed by atoms with van der Waals surface area (Å²) in [4.78, 5) is 17.9. The standard InChI is InChI=1S/C21H26N4O3S/c1-16-2-4-19(5-3-16)23-21(26)24-14-20(15-24)29(27,28)25-12-8-18(9-13-25)17-6-10-22-11-7-17/h2-7,10-11,18,20H,8-9,12-15H2,1H3,(H,23,26). The van der Waals surface area contributed by atoms with Gasteiger partial charge in [0.25, 0.3) is 0 Å². The van der Waals surface area contributed by atoms with E-state index in [1.807, 2.05) is 43.3 Å². The van der Waals surface area contributed by atoms with Crippen molar-refractivity contribution in [3.8, 4) is 0 Å². The number of piperidine rings is 1. The number of amides is 2. The monoisotopic (exact) mass is 414 g/mol. The zero-order chi connectivity index (χ0) is 20.4. The first-order chi connectivity index (χ1) is 13.9. The number of likely N-dealkylation sites (tertiary alicyclic amines) is 1. The third-order valence-corrected chi connectivity index (χ3v) is 8.08. The van der Waals surface area contributed by atoms with Gasteiger partial charge in [-0.15, -0.1) is 0 Å². The zero-order valence-electron chi connectivity index (χ0n) is 16.5. The van der Waals surface area contributed by atoms with Crippen LogP contribution in [0.15, 0.2) is 48.8 Å². The highest BCUT2D eigenvalue weighted by molar-refractivity contribution is 7.89. The molecule has 1 aromatic carbocycles. The van der Waals surface area contributed by atoms with Crippen molar-refractivity contribution in [1.82, 2.24) is 14.2 Å². The number of hydrogen-bond acceptors (Lipinski definition) is 4. The molecule has 2 aliphatic rings. The number of aryl methyl sites for hydroxylation is 1. The number of sulfonamides is 1. The lowest BCUT2D eigenvalue weighted by Crippen LogP contribution is -2.61. The van der Waals surface area contributed by atoms with Crippen LogP contribution in [0.5, 0.6) is 0 Å². The summed E-state index contributed by atoms with van der Waals surface area (Å²) in [6, 6.07) is 11.3. The summed E-state index contributed by atoms with van der Waals surface area (Å²) in [6.07, 6.45) is 5.19. The number of pyridine rings is 1. The SMILES string of the molecule is Cc1ccc(NC(=O)N2CC(S(=O)(=O)N3CCC(c4ccncc4)CC3)C2)cc1. The molecule has 2 saturated heterocycles. The van der Waals surface area contributed by atoms with Crippen LogP contribution in [-0.2, 0) is 10.0 Å². The van der Waals surface area contributed by atoms with Gasteiger partial charge in [-0.3, -0.25) is 4.98 Å². The average molecular weight is 415 g/mol. The fourth-order valence-electron chi connectivity index (χ4n) is 3.92. The van der Waals surface area contributed by atoms with Gasteiger partial charge in [-0.2, -0.15) is 0 Å². The number of rotatable bonds is 4. The summed E-state index contributed by atoms with van der Waals surface area (Å²) in [6.45, 7) is 3.52. The minimum atomic E-state index is -3.38. The number of nitrogens with zero attached hydrogens (tertiary/aromatic N) is 3. The quantitative estimate of drug-likeness (QED) is 0.834. The fourth-order valence-corrected chi connectivity index (χ4v) is 5.80. The van der Waals surface area contributed by atoms with Crippen molar-refractivity contribution in [1.29, 1.82) is 0 Å². The van der Waals surface area contributed by atoms with Crippen LogP contribution in [0, 0.1) is 6.92 Å². The predicted molar refractivity (Wildman–Crippen MR) is 112 cm³/mol. The van der Waals surface area contributed by atoms with Gasteiger partial charge in [0.2, 0.25) is 10.0 Å². The fraction of sp³-hybridized carbons (Fsp3) is 0.429. The van der Waals surface area contributed by atoms with Crippen LogP contribution in [0.25, 0.3) is 0 Å². The Morgan fingerprint density at radius 3 is 2.28 bits per heavy atom. The van der Waals surface area contributed by atoms with Crippen LogP contribution in [0.2, 0.25) is 0 Å². The lowest BCUT2D eigenvalue weighted by atomic mass is 9.91. The van der Waals surface area contributed by atoms with E-state index in [0.717, 1.165) is 18.4 Å². The van der Waals surface area contributed by atoms with Crippen molar-refractivity contribution in [3.63, 3.8) is 0 Å². The minimum Gasteiger partial charge on any atom is -0.322 e. The summed E-state index contributed by atoms with van der Waals surface area (Å²) < 4.78 is 27.5. The molecule has 2 aromatic rings. The average Bonchev–Trinajstić information content (AvgIpc) is 2.69. The number of carbonyl (C=O) groups excluding carboxylic acids is 1. The van der Waals surface area contributed by atoms with Crippen molar-refractivity contribution in [3.05, 3.63) is 59.9 Å². The summed E-state index contributed by atoms with van der Waals surface area (Å²) in [7, 11) is -3.38. The van der Waals surface area contributed by atoms with Crippen LogP contribution in [-0.4, -0.2) is 60.1 Å². The molecule has 7 nitrogen and oxygen atoms in total. The first kappa shape index (κ1) is 19.8. The van der Waals surface area contributed by atoms with E-state index in [4.69, 9.17) is 0 Å². The van der Waals surface area contributed by atoms with E-state index in [9.17, 15) is 13.2 Å². The summed E-state index contributed by atoms with van der Waals surface area (Å²) >= 11 is 0. The van der Waals surface area contributed by atoms with Crippen LogP contribution in [0.1, 0.15) is 29.9 Å². The molecule has 0 spiro atoms. The first-order valence-electron chi connectivity index (χ1n) is 9.95. The van der Waals surface area contributed by atoms with E-state index in [1.54, 1.807) is 21.6 Å². The lowest BCUT2D eigenvalue weighted by molar-refractivity contribution is 0.179. The molecule has 2 fully saturated rings. The molecular weight excluding hydrogens is 388 g/mol. The second kappa shape index (κ2) is 8.12. The normalized spacial score (nSPS) is 19.0. The van der Waals surface area contributed by atoms with Crippen LogP contribution in [0.4, 0.5) is 10.5 Å². The van der Waals surface area contributed by atoms with E-state index >= 15 is 0 Å². The molecule has 0 radical (unpaired) electrons. The molecule has 1 aromatic heterocycles. The molecule has 0 aliphatic carbocycles. The van der Waals surface area contributed by atoms with Crippen molar-refractivity contribution in [2.24, 2.45) is 0 Å². The Bertz CT molecular complexity index is 949. The maximum Gasteiger partial charge on any atom is 0.321 e. The lowest BCUT2D eigenvalue weighted by Gasteiger charge is -2.42. The molecule has 4 rings (SSSR count). The van der Waals surface area contributed by atoms with Gasteiger partial charge in [-0.25, -0.2) is 17.5 Å². The number of carbonyl (C=O) groups is 1. The van der Waals surface area contributed by atoms with Crippen molar-refractivity contribution >= 4 is 21.7 Å². The molecule has 154 valence electrons. The van der Waals surface area contributed by atoms with Crippen molar-refractivity contribution in [2.45, 2.75) is 30.9 Å². The maximum atomic E-state index is 12.9. The number of hydrogen-bond donors (Lipinski definition) is 1. The Labute approximate surface area is 171 Å². The minimum absolute atomic E-state index is 0.240. The molecule has 0 unspecified atom stereocenters. The van der Waals surface area contributed by atoms with Gasteiger partial charge in [0.1, 0.15) is 5.25 Å². The van der Waals surface area contributed by atoms with Gasteiger partial charge in [-0.1, -0.05) is 17.7 Å². The number of benzene rings is 1. The summed E-state index contributed by atoms with van der Waals surface area (Å²) in [5, 5.41) is 2.31. The highest BCUT2D eigenvalue weighted by Gasteiger charge is 2.43. The number of urea groups is 1. The van der Waals surface area contributed by atoms with E-state index in [-0.39, 0.29) is 19.1 Å². The van der Waals surface area contributed by atoms with Gasteiger partial charge in [0.05, 0.1) is 0 Å². The second-order valence-corrected chi connectivity index (χ2v) is 10.0. The highest BCUT2D eigenvalue weighted by atomic mass is 32.2. The number of nitrogens with one attached hydrogen (secondary N) is 1. The zero-order valence-corrected chi connectivity index (χ0v) is 17.3. The Balaban J connectivity index is 1.28. The largest absolute Gasteiger partial charge is 0.322 e. The van der Waals surface area contributed by atoms with Gasteiger partial charge < -0.3 is 10.2 Å². The van der Waals surface area contributed by atoms with E-state index in [2.05, 4.69) is 10.3 Å². The summed E-state index contributed by atoms with van der Waals surface area (Å²) in [5.41, 5.74) is 3.05. The topological polar surface area (TPSA) is 82.6 Å². The molecule has 0 bridgehead atoms. The Hall–Kier alpha value is -2.45. The molecule has 0 atom stereocenters. The van der Waals surface area contributed by atoms with Gasteiger partial charge >= 0.3 is 6.03 Å². The number of aromatic nitrogens is 1. The molecule has 8 heteroatoms. The van der Waals surface area contributed by atoms with E-state index in [0.29, 0.717) is 24.7 Å². The first-order valence-corrected chi connectivity index (χ1v) is 11.5. The van der Waals surface area contributed by atoms with Gasteiger partial charge in [0.15, 0.2) is 0 Å². The smallest absolute Gasteiger partial charge is 0.321 e. The Kier molecular flexibility index (Phi) is 5.56.